The maximum absolute atomic E-state index is 8.93. The van der Waals surface area contributed by atoms with E-state index in [-0.39, 0.29) is 12.1 Å². The van der Waals surface area contributed by atoms with Gasteiger partial charge in [0.05, 0.1) is 0 Å². The van der Waals surface area contributed by atoms with Crippen LogP contribution in [0.3, 0.4) is 0 Å². The molecule has 1 saturated carbocycles. The molecule has 0 aromatic carbocycles. The summed E-state index contributed by atoms with van der Waals surface area (Å²) in [6, 6.07) is 0.450. The SMILES string of the molecule is CC(CCCO)NC1(CN)CCCC(C(C)C)CC1. The number of hydrogen-bond donors (Lipinski definition) is 3. The van der Waals surface area contributed by atoms with Crippen molar-refractivity contribution >= 4 is 0 Å². The minimum atomic E-state index is 0.137. The van der Waals surface area contributed by atoms with Crippen molar-refractivity contribution in [3.63, 3.8) is 0 Å². The third-order valence-corrected chi connectivity index (χ3v) is 4.91. The second kappa shape index (κ2) is 8.23. The van der Waals surface area contributed by atoms with Gasteiger partial charge in [0.2, 0.25) is 0 Å². The third kappa shape index (κ3) is 5.41. The molecule has 1 aliphatic rings. The zero-order chi connectivity index (χ0) is 14.3. The van der Waals surface area contributed by atoms with Crippen molar-refractivity contribution in [3.8, 4) is 0 Å². The molecule has 0 spiro atoms. The number of aliphatic hydroxyl groups excluding tert-OH is 1. The highest BCUT2D eigenvalue weighted by Crippen LogP contribution is 2.34. The summed E-state index contributed by atoms with van der Waals surface area (Å²) in [6.07, 6.45) is 8.27. The van der Waals surface area contributed by atoms with Gasteiger partial charge in [0.15, 0.2) is 0 Å². The molecule has 1 rings (SSSR count). The van der Waals surface area contributed by atoms with E-state index in [9.17, 15) is 0 Å². The first-order valence-electron chi connectivity index (χ1n) is 8.11. The van der Waals surface area contributed by atoms with Crippen molar-refractivity contribution in [2.24, 2.45) is 17.6 Å². The molecule has 0 saturated heterocycles. The molecule has 0 bridgehead atoms. The van der Waals surface area contributed by atoms with Crippen LogP contribution < -0.4 is 11.1 Å². The van der Waals surface area contributed by atoms with E-state index in [4.69, 9.17) is 10.8 Å². The minimum Gasteiger partial charge on any atom is -0.396 e. The summed E-state index contributed by atoms with van der Waals surface area (Å²) >= 11 is 0. The Balaban J connectivity index is 2.54. The van der Waals surface area contributed by atoms with Crippen LogP contribution in [0.5, 0.6) is 0 Å². The maximum atomic E-state index is 8.93. The molecule has 3 nitrogen and oxygen atoms in total. The third-order valence-electron chi connectivity index (χ3n) is 4.91. The maximum Gasteiger partial charge on any atom is 0.0431 e. The summed E-state index contributed by atoms with van der Waals surface area (Å²) in [5, 5.41) is 12.7. The second-order valence-corrected chi connectivity index (χ2v) is 6.83. The molecule has 0 radical (unpaired) electrons. The van der Waals surface area contributed by atoms with E-state index in [0.717, 1.165) is 31.2 Å². The Kier molecular flexibility index (Phi) is 7.33. The molecule has 0 amide bonds. The average molecular weight is 270 g/mol. The first kappa shape index (κ1) is 16.9. The molecular formula is C16H34N2O. The fourth-order valence-electron chi connectivity index (χ4n) is 3.50. The number of rotatable bonds is 7. The quantitative estimate of drug-likeness (QED) is 0.623. The van der Waals surface area contributed by atoms with Crippen LogP contribution >= 0.6 is 0 Å². The van der Waals surface area contributed by atoms with Crippen LogP contribution in [0.15, 0.2) is 0 Å². The summed E-state index contributed by atoms with van der Waals surface area (Å²) in [4.78, 5) is 0. The van der Waals surface area contributed by atoms with E-state index in [1.807, 2.05) is 0 Å². The number of nitrogens with one attached hydrogen (secondary N) is 1. The van der Waals surface area contributed by atoms with Gasteiger partial charge in [0.25, 0.3) is 0 Å². The molecule has 0 aliphatic heterocycles. The minimum absolute atomic E-state index is 0.137. The smallest absolute Gasteiger partial charge is 0.0431 e. The van der Waals surface area contributed by atoms with Gasteiger partial charge in [-0.05, 0) is 50.9 Å². The first-order chi connectivity index (χ1) is 9.03. The zero-order valence-electron chi connectivity index (χ0n) is 13.1. The molecule has 1 aliphatic carbocycles. The molecule has 114 valence electrons. The standard InChI is InChI=1S/C16H34N2O/c1-13(2)15-7-4-9-16(12-17,10-8-15)18-14(3)6-5-11-19/h13-15,18-19H,4-12,17H2,1-3H3. The van der Waals surface area contributed by atoms with E-state index in [1.165, 1.54) is 32.1 Å². The normalized spacial score (nSPS) is 30.3. The predicted octanol–water partition coefficient (Wildman–Crippen LogP) is 2.67. The van der Waals surface area contributed by atoms with E-state index < -0.39 is 0 Å². The topological polar surface area (TPSA) is 58.3 Å². The molecule has 0 aromatic rings. The predicted molar refractivity (Wildman–Crippen MR) is 82.1 cm³/mol. The van der Waals surface area contributed by atoms with E-state index in [1.54, 1.807) is 0 Å². The van der Waals surface area contributed by atoms with Gasteiger partial charge < -0.3 is 16.2 Å². The van der Waals surface area contributed by atoms with Crippen molar-refractivity contribution in [3.05, 3.63) is 0 Å². The largest absolute Gasteiger partial charge is 0.396 e. The second-order valence-electron chi connectivity index (χ2n) is 6.83. The fourth-order valence-corrected chi connectivity index (χ4v) is 3.50. The fraction of sp³-hybridized carbons (Fsp3) is 1.00. The molecule has 3 atom stereocenters. The highest BCUT2D eigenvalue weighted by molar-refractivity contribution is 4.94. The van der Waals surface area contributed by atoms with Crippen LogP contribution in [0, 0.1) is 11.8 Å². The van der Waals surface area contributed by atoms with Crippen LogP contribution in [0.1, 0.15) is 65.7 Å². The van der Waals surface area contributed by atoms with Crippen LogP contribution in [0.4, 0.5) is 0 Å². The van der Waals surface area contributed by atoms with E-state index in [2.05, 4.69) is 26.1 Å². The van der Waals surface area contributed by atoms with Crippen molar-refractivity contribution in [2.75, 3.05) is 13.2 Å². The Labute approximate surface area is 119 Å². The molecule has 4 N–H and O–H groups in total. The Morgan fingerprint density at radius 1 is 1.26 bits per heavy atom. The molecule has 1 fully saturated rings. The highest BCUT2D eigenvalue weighted by Gasteiger charge is 2.33. The van der Waals surface area contributed by atoms with Crippen LogP contribution in [0.25, 0.3) is 0 Å². The summed E-state index contributed by atoms with van der Waals surface area (Å²) in [6.45, 7) is 7.94. The van der Waals surface area contributed by atoms with Crippen LogP contribution in [0.2, 0.25) is 0 Å². The van der Waals surface area contributed by atoms with Crippen molar-refractivity contribution in [1.29, 1.82) is 0 Å². The van der Waals surface area contributed by atoms with E-state index in [0.29, 0.717) is 6.04 Å². The highest BCUT2D eigenvalue weighted by atomic mass is 16.2. The van der Waals surface area contributed by atoms with Gasteiger partial charge in [-0.2, -0.15) is 0 Å². The lowest BCUT2D eigenvalue weighted by Gasteiger charge is -2.36. The average Bonchev–Trinajstić information content (AvgIpc) is 2.59. The van der Waals surface area contributed by atoms with Crippen molar-refractivity contribution < 1.29 is 5.11 Å². The van der Waals surface area contributed by atoms with Gasteiger partial charge in [0, 0.05) is 24.7 Å². The van der Waals surface area contributed by atoms with Crippen molar-refractivity contribution in [2.45, 2.75) is 77.3 Å². The van der Waals surface area contributed by atoms with Crippen LogP contribution in [-0.4, -0.2) is 29.8 Å². The molecule has 3 unspecified atom stereocenters. The van der Waals surface area contributed by atoms with Gasteiger partial charge in [-0.25, -0.2) is 0 Å². The molecule has 3 heteroatoms. The summed E-state index contributed by atoms with van der Waals surface area (Å²) < 4.78 is 0. The molecule has 0 aromatic heterocycles. The van der Waals surface area contributed by atoms with E-state index >= 15 is 0 Å². The lowest BCUT2D eigenvalue weighted by molar-refractivity contribution is 0.233. The number of nitrogens with two attached hydrogens (primary N) is 1. The van der Waals surface area contributed by atoms with Gasteiger partial charge in [-0.15, -0.1) is 0 Å². The van der Waals surface area contributed by atoms with Crippen LogP contribution in [-0.2, 0) is 0 Å². The Bertz CT molecular complexity index is 245. The molecule has 0 heterocycles. The van der Waals surface area contributed by atoms with Gasteiger partial charge in [-0.3, -0.25) is 0 Å². The lowest BCUT2D eigenvalue weighted by atomic mass is 9.86. The van der Waals surface area contributed by atoms with Gasteiger partial charge in [-0.1, -0.05) is 26.7 Å². The Hall–Kier alpha value is -0.120. The van der Waals surface area contributed by atoms with Crippen molar-refractivity contribution in [1.82, 2.24) is 5.32 Å². The lowest BCUT2D eigenvalue weighted by Crippen LogP contribution is -2.54. The zero-order valence-corrected chi connectivity index (χ0v) is 13.1. The van der Waals surface area contributed by atoms with Gasteiger partial charge in [0.1, 0.15) is 0 Å². The molecule has 19 heavy (non-hydrogen) atoms. The summed E-state index contributed by atoms with van der Waals surface area (Å²) in [5.74, 6) is 1.66. The Morgan fingerprint density at radius 3 is 2.58 bits per heavy atom. The summed E-state index contributed by atoms with van der Waals surface area (Å²) in [5.41, 5.74) is 6.23. The summed E-state index contributed by atoms with van der Waals surface area (Å²) in [7, 11) is 0. The Morgan fingerprint density at radius 2 is 2.00 bits per heavy atom. The monoisotopic (exact) mass is 270 g/mol. The first-order valence-corrected chi connectivity index (χ1v) is 8.11. The number of hydrogen-bond acceptors (Lipinski definition) is 3. The number of aliphatic hydroxyl groups is 1. The van der Waals surface area contributed by atoms with Gasteiger partial charge >= 0.3 is 0 Å². The molecular weight excluding hydrogens is 236 g/mol.